The summed E-state index contributed by atoms with van der Waals surface area (Å²) in [5, 5.41) is 10.0. The van der Waals surface area contributed by atoms with Crippen molar-refractivity contribution in [3.8, 4) is 0 Å². The van der Waals surface area contributed by atoms with Crippen molar-refractivity contribution in [3.05, 3.63) is 51.5 Å². The molecule has 2 aromatic rings. The molecule has 0 aliphatic carbocycles. The number of benzene rings is 1. The van der Waals surface area contributed by atoms with Gasteiger partial charge in [0.25, 0.3) is 0 Å². The van der Waals surface area contributed by atoms with Gasteiger partial charge in [0.2, 0.25) is 5.91 Å². The van der Waals surface area contributed by atoms with Gasteiger partial charge in [0.1, 0.15) is 11.9 Å². The molecule has 0 spiro atoms. The molecule has 2 N–H and O–H groups in total. The fraction of sp³-hybridized carbons (Fsp3) is 0.333. The number of amides is 1. The summed E-state index contributed by atoms with van der Waals surface area (Å²) in [6.07, 6.45) is 3.36. The van der Waals surface area contributed by atoms with E-state index < -0.39 is 17.9 Å². The summed E-state index contributed by atoms with van der Waals surface area (Å²) in [4.78, 5) is 12.5. The Morgan fingerprint density at radius 1 is 1.33 bits per heavy atom. The van der Waals surface area contributed by atoms with Gasteiger partial charge in [0, 0.05) is 23.8 Å². The minimum absolute atomic E-state index is 0. The summed E-state index contributed by atoms with van der Waals surface area (Å²) in [6, 6.07) is 1.51. The van der Waals surface area contributed by atoms with Gasteiger partial charge in [-0.05, 0) is 31.7 Å². The number of halogens is 4. The van der Waals surface area contributed by atoms with E-state index in [9.17, 15) is 9.18 Å². The van der Waals surface area contributed by atoms with Crippen molar-refractivity contribution in [2.75, 3.05) is 7.05 Å². The molecule has 0 aliphatic rings. The highest BCUT2D eigenvalue weighted by Gasteiger charge is 2.23. The number of aryl methyl sites for hydroxylation is 1. The predicted octanol–water partition coefficient (Wildman–Crippen LogP) is 3.43. The Bertz CT molecular complexity index is 723. The van der Waals surface area contributed by atoms with E-state index >= 15 is 0 Å². The predicted molar refractivity (Wildman–Crippen MR) is 95.2 cm³/mol. The molecule has 2 atom stereocenters. The highest BCUT2D eigenvalue weighted by Crippen LogP contribution is 2.29. The van der Waals surface area contributed by atoms with Crippen LogP contribution in [0.2, 0.25) is 10.0 Å². The molecule has 0 saturated heterocycles. The van der Waals surface area contributed by atoms with E-state index in [0.717, 1.165) is 5.56 Å². The van der Waals surface area contributed by atoms with Gasteiger partial charge in [-0.25, -0.2) is 4.39 Å². The number of likely N-dealkylation sites (N-methyl/N-ethyl adjacent to an activating group) is 1. The normalized spacial score (nSPS) is 13.1. The van der Waals surface area contributed by atoms with E-state index in [1.54, 1.807) is 38.1 Å². The molecule has 9 heteroatoms. The lowest BCUT2D eigenvalue weighted by Crippen LogP contribution is -2.37. The fourth-order valence-electron chi connectivity index (χ4n) is 2.28. The van der Waals surface area contributed by atoms with E-state index in [1.165, 1.54) is 12.1 Å². The lowest BCUT2D eigenvalue weighted by Gasteiger charge is -2.20. The average Bonchev–Trinajstić information content (AvgIpc) is 2.89. The summed E-state index contributed by atoms with van der Waals surface area (Å²) < 4.78 is 15.2. The number of carbonyl (C=O) groups excluding carboxylic acids is 1. The van der Waals surface area contributed by atoms with Crippen molar-refractivity contribution in [3.63, 3.8) is 0 Å². The van der Waals surface area contributed by atoms with Crippen molar-refractivity contribution in [2.24, 2.45) is 7.05 Å². The highest BCUT2D eigenvalue weighted by atomic mass is 35.5. The van der Waals surface area contributed by atoms with Gasteiger partial charge in [-0.2, -0.15) is 5.10 Å². The molecular formula is C15H18Cl3FN4O. The van der Waals surface area contributed by atoms with E-state index in [2.05, 4.69) is 15.7 Å². The number of nitrogens with zero attached hydrogens (tertiary/aromatic N) is 2. The molecule has 132 valence electrons. The minimum Gasteiger partial charge on any atom is -0.348 e. The standard InChI is InChI=1S/C15H17Cl2FN4O.ClH/c1-8(10-4-13(18)12(17)5-11(10)16)21-15(23)14(19-2)9-6-20-22(3)7-9;/h4-8,14,19H,1-3H3,(H,21,23);1H. The number of hydrogen-bond acceptors (Lipinski definition) is 3. The quantitative estimate of drug-likeness (QED) is 0.763. The Morgan fingerprint density at radius 2 is 2.00 bits per heavy atom. The van der Waals surface area contributed by atoms with Crippen LogP contribution < -0.4 is 10.6 Å². The average molecular weight is 396 g/mol. The number of rotatable bonds is 5. The smallest absolute Gasteiger partial charge is 0.242 e. The first kappa shape index (κ1) is 20.7. The lowest BCUT2D eigenvalue weighted by molar-refractivity contribution is -0.123. The SMILES string of the molecule is CNC(C(=O)NC(C)c1cc(F)c(Cl)cc1Cl)c1cnn(C)c1.Cl. The Morgan fingerprint density at radius 3 is 2.54 bits per heavy atom. The number of carbonyl (C=O) groups is 1. The minimum atomic E-state index is -0.579. The summed E-state index contributed by atoms with van der Waals surface area (Å²) in [5.74, 6) is -0.844. The molecule has 1 aromatic carbocycles. The van der Waals surface area contributed by atoms with Gasteiger partial charge < -0.3 is 10.6 Å². The van der Waals surface area contributed by atoms with Crippen LogP contribution in [0.25, 0.3) is 0 Å². The molecule has 5 nitrogen and oxygen atoms in total. The third-order valence-electron chi connectivity index (χ3n) is 3.47. The van der Waals surface area contributed by atoms with Gasteiger partial charge in [-0.15, -0.1) is 12.4 Å². The molecule has 0 bridgehead atoms. The van der Waals surface area contributed by atoms with Crippen molar-refractivity contribution in [1.82, 2.24) is 20.4 Å². The molecule has 0 fully saturated rings. The molecule has 0 saturated carbocycles. The van der Waals surface area contributed by atoms with Gasteiger partial charge in [0.05, 0.1) is 17.3 Å². The molecule has 1 heterocycles. The van der Waals surface area contributed by atoms with Crippen LogP contribution in [0.15, 0.2) is 24.5 Å². The first-order valence-corrected chi connectivity index (χ1v) is 7.69. The van der Waals surface area contributed by atoms with E-state index in [4.69, 9.17) is 23.2 Å². The molecule has 0 radical (unpaired) electrons. The van der Waals surface area contributed by atoms with Crippen molar-refractivity contribution < 1.29 is 9.18 Å². The first-order chi connectivity index (χ1) is 10.8. The first-order valence-electron chi connectivity index (χ1n) is 6.94. The zero-order valence-electron chi connectivity index (χ0n) is 13.3. The Balaban J connectivity index is 0.00000288. The van der Waals surface area contributed by atoms with Crippen LogP contribution in [0.4, 0.5) is 4.39 Å². The molecule has 1 aromatic heterocycles. The molecule has 1 amide bonds. The van der Waals surface area contributed by atoms with Crippen molar-refractivity contribution in [2.45, 2.75) is 19.0 Å². The Labute approximate surface area is 155 Å². The summed E-state index contributed by atoms with van der Waals surface area (Å²) in [5.41, 5.74) is 1.19. The lowest BCUT2D eigenvalue weighted by atomic mass is 10.1. The van der Waals surface area contributed by atoms with Crippen molar-refractivity contribution in [1.29, 1.82) is 0 Å². The molecule has 0 aliphatic heterocycles. The van der Waals surface area contributed by atoms with Crippen LogP contribution in [0.5, 0.6) is 0 Å². The molecule has 2 rings (SSSR count). The van der Waals surface area contributed by atoms with Crippen LogP contribution in [0.3, 0.4) is 0 Å². The monoisotopic (exact) mass is 394 g/mol. The molecular weight excluding hydrogens is 378 g/mol. The largest absolute Gasteiger partial charge is 0.348 e. The van der Waals surface area contributed by atoms with Gasteiger partial charge in [-0.1, -0.05) is 23.2 Å². The molecule has 2 unspecified atom stereocenters. The number of aromatic nitrogens is 2. The number of nitrogens with one attached hydrogen (secondary N) is 2. The zero-order chi connectivity index (χ0) is 17.1. The van der Waals surface area contributed by atoms with Crippen LogP contribution in [-0.2, 0) is 11.8 Å². The van der Waals surface area contributed by atoms with E-state index in [-0.39, 0.29) is 23.3 Å². The third-order valence-corrected chi connectivity index (χ3v) is 4.09. The number of hydrogen-bond donors (Lipinski definition) is 2. The maximum atomic E-state index is 13.6. The fourth-order valence-corrected chi connectivity index (χ4v) is 2.83. The van der Waals surface area contributed by atoms with Crippen LogP contribution in [-0.4, -0.2) is 22.7 Å². The third kappa shape index (κ3) is 4.60. The zero-order valence-corrected chi connectivity index (χ0v) is 15.6. The van der Waals surface area contributed by atoms with E-state index in [0.29, 0.717) is 10.6 Å². The van der Waals surface area contributed by atoms with Crippen molar-refractivity contribution >= 4 is 41.5 Å². The van der Waals surface area contributed by atoms with Gasteiger partial charge >= 0.3 is 0 Å². The summed E-state index contributed by atoms with van der Waals surface area (Å²) in [6.45, 7) is 1.72. The second kappa shape index (κ2) is 8.67. The molecule has 24 heavy (non-hydrogen) atoms. The summed E-state index contributed by atoms with van der Waals surface area (Å²) >= 11 is 11.8. The second-order valence-corrected chi connectivity index (χ2v) is 6.00. The van der Waals surface area contributed by atoms with Gasteiger partial charge in [0.15, 0.2) is 0 Å². The van der Waals surface area contributed by atoms with Gasteiger partial charge in [-0.3, -0.25) is 9.48 Å². The highest BCUT2D eigenvalue weighted by molar-refractivity contribution is 6.35. The Kier molecular flexibility index (Phi) is 7.48. The maximum absolute atomic E-state index is 13.6. The Hall–Kier alpha value is -1.34. The van der Waals surface area contributed by atoms with Crippen LogP contribution >= 0.6 is 35.6 Å². The van der Waals surface area contributed by atoms with Crippen LogP contribution in [0.1, 0.15) is 30.1 Å². The topological polar surface area (TPSA) is 59.0 Å². The van der Waals surface area contributed by atoms with E-state index in [1.807, 2.05) is 0 Å². The summed E-state index contributed by atoms with van der Waals surface area (Å²) in [7, 11) is 3.45. The maximum Gasteiger partial charge on any atom is 0.242 e. The van der Waals surface area contributed by atoms with Crippen LogP contribution in [0, 0.1) is 5.82 Å². The second-order valence-electron chi connectivity index (χ2n) is 5.19.